The first kappa shape index (κ1) is 27.2. The normalized spacial score (nSPS) is 22.0. The Morgan fingerprint density at radius 1 is 1.00 bits per heavy atom. The molecule has 2 aromatic heterocycles. The van der Waals surface area contributed by atoms with Crippen molar-refractivity contribution in [3.63, 3.8) is 0 Å². The summed E-state index contributed by atoms with van der Waals surface area (Å²) >= 11 is 0. The standard InChI is InChI=1S/C30H39N9O2/c1-19-25(35-30(41)22-9-7-21(8-10-22)20-5-6-20)4-3-13-38(19)26-17-32-27(28(31)40)29(36-26)34-23-16-33-39(18-23)24-11-14-37(2)15-12-24/h7-10,16-20,24-25H,3-6,11-15H2,1-2H3,(H2,31,40)(H,34,36)(H,35,41). The van der Waals surface area contributed by atoms with Gasteiger partial charge in [-0.2, -0.15) is 5.10 Å². The van der Waals surface area contributed by atoms with Gasteiger partial charge >= 0.3 is 0 Å². The third-order valence-electron chi connectivity index (χ3n) is 8.74. The van der Waals surface area contributed by atoms with Gasteiger partial charge in [0, 0.05) is 30.4 Å². The molecule has 2 amide bonds. The lowest BCUT2D eigenvalue weighted by atomic mass is 9.97. The molecule has 41 heavy (non-hydrogen) atoms. The number of hydrogen-bond acceptors (Lipinski definition) is 8. The van der Waals surface area contributed by atoms with Crippen LogP contribution >= 0.6 is 0 Å². The van der Waals surface area contributed by atoms with E-state index in [1.165, 1.54) is 18.4 Å². The number of nitrogens with zero attached hydrogens (tertiary/aromatic N) is 6. The van der Waals surface area contributed by atoms with Crippen molar-refractivity contribution in [3.05, 3.63) is 59.7 Å². The molecule has 2 atom stereocenters. The number of aromatic nitrogens is 4. The molecule has 216 valence electrons. The van der Waals surface area contributed by atoms with Crippen LogP contribution in [0.2, 0.25) is 0 Å². The molecule has 2 aliphatic heterocycles. The fourth-order valence-corrected chi connectivity index (χ4v) is 6.02. The van der Waals surface area contributed by atoms with Gasteiger partial charge in [-0.3, -0.25) is 14.3 Å². The molecule has 2 unspecified atom stereocenters. The highest BCUT2D eigenvalue weighted by Gasteiger charge is 2.31. The third kappa shape index (κ3) is 6.04. The van der Waals surface area contributed by atoms with Gasteiger partial charge in [-0.1, -0.05) is 12.1 Å². The fraction of sp³-hybridized carbons (Fsp3) is 0.500. The van der Waals surface area contributed by atoms with Crippen molar-refractivity contribution in [2.24, 2.45) is 5.73 Å². The highest BCUT2D eigenvalue weighted by molar-refractivity contribution is 5.96. The Kier molecular flexibility index (Phi) is 7.61. The highest BCUT2D eigenvalue weighted by Crippen LogP contribution is 2.40. The minimum Gasteiger partial charge on any atom is -0.364 e. The monoisotopic (exact) mass is 557 g/mol. The zero-order valence-electron chi connectivity index (χ0n) is 23.8. The van der Waals surface area contributed by atoms with E-state index in [1.807, 2.05) is 23.0 Å². The molecule has 0 spiro atoms. The number of rotatable bonds is 8. The van der Waals surface area contributed by atoms with Crippen LogP contribution in [0.15, 0.2) is 42.9 Å². The van der Waals surface area contributed by atoms with Crippen LogP contribution in [0.3, 0.4) is 0 Å². The summed E-state index contributed by atoms with van der Waals surface area (Å²) in [5.41, 5.74) is 8.44. The van der Waals surface area contributed by atoms with E-state index in [9.17, 15) is 9.59 Å². The molecule has 3 fully saturated rings. The lowest BCUT2D eigenvalue weighted by molar-refractivity contribution is 0.0923. The third-order valence-corrected chi connectivity index (χ3v) is 8.74. The first-order chi connectivity index (χ1) is 19.9. The summed E-state index contributed by atoms with van der Waals surface area (Å²) in [6.45, 7) is 4.92. The van der Waals surface area contributed by atoms with Crippen LogP contribution in [0.4, 0.5) is 17.3 Å². The van der Waals surface area contributed by atoms with E-state index in [2.05, 4.69) is 56.6 Å². The maximum atomic E-state index is 13.1. The second kappa shape index (κ2) is 11.5. The molecular weight excluding hydrogens is 518 g/mol. The summed E-state index contributed by atoms with van der Waals surface area (Å²) in [4.78, 5) is 38.9. The minimum absolute atomic E-state index is 0.0211. The van der Waals surface area contributed by atoms with E-state index < -0.39 is 5.91 Å². The number of nitrogens with one attached hydrogen (secondary N) is 2. The Balaban J connectivity index is 1.16. The van der Waals surface area contributed by atoms with Crippen LogP contribution in [0.25, 0.3) is 0 Å². The van der Waals surface area contributed by atoms with Crippen LogP contribution in [0.5, 0.6) is 0 Å². The van der Waals surface area contributed by atoms with Crippen LogP contribution in [-0.2, 0) is 0 Å². The molecule has 0 bridgehead atoms. The first-order valence-corrected chi connectivity index (χ1v) is 14.7. The maximum Gasteiger partial charge on any atom is 0.271 e. The summed E-state index contributed by atoms with van der Waals surface area (Å²) in [5, 5.41) is 11.0. The quantitative estimate of drug-likeness (QED) is 0.383. The van der Waals surface area contributed by atoms with Crippen molar-refractivity contribution in [3.8, 4) is 0 Å². The number of piperidine rings is 2. The molecule has 1 aliphatic carbocycles. The molecule has 0 radical (unpaired) electrons. The second-order valence-electron chi connectivity index (χ2n) is 11.7. The largest absolute Gasteiger partial charge is 0.364 e. The minimum atomic E-state index is -0.654. The maximum absolute atomic E-state index is 13.1. The lowest BCUT2D eigenvalue weighted by Gasteiger charge is -2.40. The molecule has 11 heteroatoms. The van der Waals surface area contributed by atoms with Crippen molar-refractivity contribution < 1.29 is 9.59 Å². The number of nitrogens with two attached hydrogens (primary N) is 1. The first-order valence-electron chi connectivity index (χ1n) is 14.7. The molecule has 6 rings (SSSR count). The van der Waals surface area contributed by atoms with Gasteiger partial charge in [0.05, 0.1) is 24.1 Å². The van der Waals surface area contributed by atoms with Crippen molar-refractivity contribution in [1.29, 1.82) is 0 Å². The van der Waals surface area contributed by atoms with E-state index in [0.717, 1.165) is 51.0 Å². The fourth-order valence-electron chi connectivity index (χ4n) is 6.02. The summed E-state index contributed by atoms with van der Waals surface area (Å²) < 4.78 is 1.98. The molecular formula is C30H39N9O2. The van der Waals surface area contributed by atoms with Gasteiger partial charge in [-0.25, -0.2) is 9.97 Å². The zero-order valence-corrected chi connectivity index (χ0v) is 23.8. The van der Waals surface area contributed by atoms with Crippen molar-refractivity contribution in [2.45, 2.75) is 69.5 Å². The summed E-state index contributed by atoms with van der Waals surface area (Å²) in [6, 6.07) is 8.26. The average molecular weight is 558 g/mol. The number of hydrogen-bond donors (Lipinski definition) is 3. The SMILES string of the molecule is CC1C(NC(=O)c2ccc(C3CC3)cc2)CCCN1c1cnc(C(N)=O)c(Nc2cnn(C3CCN(C)CC3)c2)n1. The Labute approximate surface area is 240 Å². The number of carbonyl (C=O) groups is 2. The molecule has 1 aromatic carbocycles. The van der Waals surface area contributed by atoms with E-state index in [4.69, 9.17) is 10.7 Å². The average Bonchev–Trinajstić information content (AvgIpc) is 3.73. The summed E-state index contributed by atoms with van der Waals surface area (Å²) in [6.07, 6.45) is 11.6. The Morgan fingerprint density at radius 3 is 2.46 bits per heavy atom. The van der Waals surface area contributed by atoms with Gasteiger partial charge in [0.25, 0.3) is 11.8 Å². The van der Waals surface area contributed by atoms with Gasteiger partial charge in [-0.15, -0.1) is 0 Å². The van der Waals surface area contributed by atoms with Crippen molar-refractivity contribution in [1.82, 2.24) is 30.0 Å². The number of likely N-dealkylation sites (tertiary alicyclic amines) is 1. The smallest absolute Gasteiger partial charge is 0.271 e. The van der Waals surface area contributed by atoms with Crippen LogP contribution < -0.4 is 21.3 Å². The lowest BCUT2D eigenvalue weighted by Crippen LogP contribution is -2.54. The van der Waals surface area contributed by atoms with Gasteiger partial charge in [0.15, 0.2) is 11.5 Å². The van der Waals surface area contributed by atoms with Crippen LogP contribution in [-0.4, -0.2) is 75.2 Å². The summed E-state index contributed by atoms with van der Waals surface area (Å²) in [5.74, 6) is 0.868. The number of primary amides is 1. The molecule has 3 aliphatic rings. The Morgan fingerprint density at radius 2 is 1.76 bits per heavy atom. The summed E-state index contributed by atoms with van der Waals surface area (Å²) in [7, 11) is 2.13. The van der Waals surface area contributed by atoms with Crippen molar-refractivity contribution >= 4 is 29.1 Å². The zero-order chi connectivity index (χ0) is 28.5. The molecule has 3 aromatic rings. The number of amides is 2. The second-order valence-corrected chi connectivity index (χ2v) is 11.7. The molecule has 4 heterocycles. The topological polar surface area (TPSA) is 134 Å². The van der Waals surface area contributed by atoms with E-state index in [1.54, 1.807) is 12.4 Å². The van der Waals surface area contributed by atoms with E-state index in [-0.39, 0.29) is 23.7 Å². The Bertz CT molecular complexity index is 1390. The van der Waals surface area contributed by atoms with Crippen LogP contribution in [0.1, 0.15) is 83.8 Å². The number of carbonyl (C=O) groups excluding carboxylic acids is 2. The van der Waals surface area contributed by atoms with Gasteiger partial charge in [-0.05, 0) is 89.2 Å². The molecule has 4 N–H and O–H groups in total. The number of anilines is 3. The molecule has 1 saturated carbocycles. The molecule has 2 saturated heterocycles. The van der Waals surface area contributed by atoms with Gasteiger partial charge in [0.1, 0.15) is 5.82 Å². The highest BCUT2D eigenvalue weighted by atomic mass is 16.2. The Hall–Kier alpha value is -3.99. The van der Waals surface area contributed by atoms with Crippen molar-refractivity contribution in [2.75, 3.05) is 36.9 Å². The van der Waals surface area contributed by atoms with Gasteiger partial charge < -0.3 is 26.2 Å². The molecule has 11 nitrogen and oxygen atoms in total. The predicted molar refractivity (Wildman–Crippen MR) is 158 cm³/mol. The van der Waals surface area contributed by atoms with E-state index >= 15 is 0 Å². The van der Waals surface area contributed by atoms with Gasteiger partial charge in [0.2, 0.25) is 0 Å². The predicted octanol–water partition coefficient (Wildman–Crippen LogP) is 3.45. The number of benzene rings is 1. The van der Waals surface area contributed by atoms with Crippen LogP contribution in [0, 0.1) is 0 Å². The van der Waals surface area contributed by atoms with E-state index in [0.29, 0.717) is 29.2 Å².